The van der Waals surface area contributed by atoms with Gasteiger partial charge in [-0.25, -0.2) is 4.57 Å². The molecule has 0 aromatic rings. The number of quaternary nitrogens is 1. The molecule has 0 aromatic heterocycles. The van der Waals surface area contributed by atoms with Crippen molar-refractivity contribution in [1.82, 2.24) is 0 Å². The zero-order valence-corrected chi connectivity index (χ0v) is 40.2. The van der Waals surface area contributed by atoms with E-state index in [1.807, 2.05) is 21.1 Å². The van der Waals surface area contributed by atoms with E-state index in [4.69, 9.17) is 18.5 Å². The highest BCUT2D eigenvalue weighted by molar-refractivity contribution is 7.47. The average Bonchev–Trinajstić information content (AvgIpc) is 3.22. The van der Waals surface area contributed by atoms with Crippen molar-refractivity contribution >= 4 is 13.8 Å². The highest BCUT2D eigenvalue weighted by Crippen LogP contribution is 2.43. The van der Waals surface area contributed by atoms with Crippen LogP contribution < -0.4 is 0 Å². The van der Waals surface area contributed by atoms with E-state index in [-0.39, 0.29) is 25.8 Å². The highest BCUT2D eigenvalue weighted by atomic mass is 31.2. The number of hydrogen-bond acceptors (Lipinski definition) is 6. The number of rotatable bonds is 42. The molecule has 0 rings (SSSR count). The summed E-state index contributed by atoms with van der Waals surface area (Å²) in [5.74, 6) is -0.342. The number of carbonyl (C=O) groups is 1. The van der Waals surface area contributed by atoms with Crippen molar-refractivity contribution < 1.29 is 37.3 Å². The Hall–Kier alpha value is -2.84. The SMILES string of the molecule is CC/C=C\C/C=C\C/C=C\C/C=C\C/C=C\CCCCCCCCCC(=O)OC(COCCCCC/C=C\C/C=C\C/C=C\C/C=C\CC)COP(=O)(O)OCC[N+](C)(C)C. The highest BCUT2D eigenvalue weighted by Gasteiger charge is 2.26. The lowest BCUT2D eigenvalue weighted by molar-refractivity contribution is -0.870. The number of carbonyl (C=O) groups excluding carboxylic acids is 1. The van der Waals surface area contributed by atoms with Gasteiger partial charge in [0.2, 0.25) is 0 Å². The molecule has 0 aliphatic heterocycles. The van der Waals surface area contributed by atoms with Gasteiger partial charge < -0.3 is 18.9 Å². The first kappa shape index (κ1) is 58.2. The van der Waals surface area contributed by atoms with Crippen molar-refractivity contribution in [2.75, 3.05) is 54.1 Å². The lowest BCUT2D eigenvalue weighted by Gasteiger charge is -2.24. The maximum atomic E-state index is 12.7. The molecule has 0 bridgehead atoms. The monoisotopic (exact) mass is 871 g/mol. The second kappa shape index (κ2) is 43.8. The number of unbranched alkanes of at least 4 members (excludes halogenated alkanes) is 10. The molecule has 0 heterocycles. The van der Waals surface area contributed by atoms with E-state index >= 15 is 0 Å². The Bertz CT molecular complexity index is 1340. The van der Waals surface area contributed by atoms with Gasteiger partial charge in [-0.15, -0.1) is 0 Å². The molecule has 0 aliphatic rings. The average molecular weight is 871 g/mol. The molecule has 348 valence electrons. The van der Waals surface area contributed by atoms with Gasteiger partial charge in [0, 0.05) is 13.0 Å². The fourth-order valence-electron chi connectivity index (χ4n) is 5.75. The van der Waals surface area contributed by atoms with Crippen molar-refractivity contribution in [3.05, 3.63) is 109 Å². The molecule has 0 spiro atoms. The van der Waals surface area contributed by atoms with E-state index in [0.29, 0.717) is 24.1 Å². The molecule has 2 unspecified atom stereocenters. The maximum absolute atomic E-state index is 12.7. The first-order valence-corrected chi connectivity index (χ1v) is 25.1. The molecule has 0 saturated heterocycles. The number of nitrogens with zero attached hydrogens (tertiary/aromatic N) is 1. The Labute approximate surface area is 374 Å². The molecule has 2 atom stereocenters. The molecule has 0 amide bonds. The van der Waals surface area contributed by atoms with Gasteiger partial charge >= 0.3 is 13.8 Å². The normalized spacial score (nSPS) is 14.7. The van der Waals surface area contributed by atoms with Crippen LogP contribution in [0.1, 0.15) is 155 Å². The molecule has 0 aliphatic carbocycles. The minimum absolute atomic E-state index is 0.0729. The van der Waals surface area contributed by atoms with Crippen molar-refractivity contribution in [3.63, 3.8) is 0 Å². The van der Waals surface area contributed by atoms with E-state index < -0.39 is 13.9 Å². The van der Waals surface area contributed by atoms with Crippen LogP contribution in [-0.2, 0) is 27.9 Å². The maximum Gasteiger partial charge on any atom is 0.472 e. The predicted molar refractivity (Wildman–Crippen MR) is 261 cm³/mol. The first-order chi connectivity index (χ1) is 29.6. The summed E-state index contributed by atoms with van der Waals surface area (Å²) in [7, 11) is 1.62. The van der Waals surface area contributed by atoms with Crippen LogP contribution in [0.15, 0.2) is 109 Å². The molecule has 0 radical (unpaired) electrons. The lowest BCUT2D eigenvalue weighted by atomic mass is 10.1. The molecule has 9 heteroatoms. The van der Waals surface area contributed by atoms with E-state index in [9.17, 15) is 14.3 Å². The van der Waals surface area contributed by atoms with E-state index in [0.717, 1.165) is 116 Å². The standard InChI is InChI=1S/C52H88NO7P/c1-6-8-10-12-14-16-18-20-22-24-25-26-27-28-29-30-31-33-35-37-39-41-43-45-52(54)60-51(50-59-61(55,56)58-48-46-53(3,4)5)49-57-47-44-42-40-38-36-34-32-23-21-19-17-15-13-11-9-7-2/h8-11,14-17,20-23,25-26,28-29,34,36,51H,6-7,12-13,18-19,24,27,30-33,35,37-50H2,1-5H3/p+1/b10-8-,11-9-,16-14-,17-15-,22-20-,23-21-,26-25-,29-28-,36-34-. The second-order valence-corrected chi connectivity index (χ2v) is 17.8. The second-order valence-electron chi connectivity index (χ2n) is 16.4. The number of phosphoric ester groups is 1. The fourth-order valence-corrected chi connectivity index (χ4v) is 6.49. The van der Waals surface area contributed by atoms with Crippen LogP contribution >= 0.6 is 7.82 Å². The Morgan fingerprint density at radius 1 is 0.508 bits per heavy atom. The third kappa shape index (κ3) is 48.1. The van der Waals surface area contributed by atoms with Gasteiger partial charge in [0.25, 0.3) is 0 Å². The number of allylic oxidation sites excluding steroid dienone is 18. The van der Waals surface area contributed by atoms with Crippen LogP contribution in [-0.4, -0.2) is 75.6 Å². The zero-order valence-electron chi connectivity index (χ0n) is 39.4. The largest absolute Gasteiger partial charge is 0.472 e. The molecule has 61 heavy (non-hydrogen) atoms. The van der Waals surface area contributed by atoms with Crippen molar-refractivity contribution in [2.24, 2.45) is 0 Å². The number of ether oxygens (including phenoxy) is 2. The van der Waals surface area contributed by atoms with Gasteiger partial charge in [-0.2, -0.15) is 0 Å². The Morgan fingerprint density at radius 3 is 1.34 bits per heavy atom. The zero-order chi connectivity index (χ0) is 44.8. The number of hydrogen-bond donors (Lipinski definition) is 1. The number of phosphoric acid groups is 1. The van der Waals surface area contributed by atoms with Crippen LogP contribution in [0.5, 0.6) is 0 Å². The van der Waals surface area contributed by atoms with Crippen LogP contribution in [0, 0.1) is 0 Å². The van der Waals surface area contributed by atoms with Gasteiger partial charge in [-0.1, -0.05) is 162 Å². The summed E-state index contributed by atoms with van der Waals surface area (Å²) in [4.78, 5) is 23.0. The van der Waals surface area contributed by atoms with Crippen LogP contribution in [0.25, 0.3) is 0 Å². The number of likely N-dealkylation sites (N-methyl/N-ethyl adjacent to an activating group) is 1. The van der Waals surface area contributed by atoms with Gasteiger partial charge in [-0.05, 0) is 96.3 Å². The lowest BCUT2D eigenvalue weighted by Crippen LogP contribution is -2.37. The molecular formula is C52H89NO7P+. The quantitative estimate of drug-likeness (QED) is 0.0215. The van der Waals surface area contributed by atoms with Gasteiger partial charge in [0.05, 0.1) is 34.4 Å². The summed E-state index contributed by atoms with van der Waals surface area (Å²) in [5.41, 5.74) is 0. The Kier molecular flexibility index (Phi) is 41.8. The number of esters is 1. The Morgan fingerprint density at radius 2 is 0.902 bits per heavy atom. The summed E-state index contributed by atoms with van der Waals surface area (Å²) in [6.07, 6.45) is 61.3. The summed E-state index contributed by atoms with van der Waals surface area (Å²) in [6.45, 7) is 5.27. The molecule has 0 fully saturated rings. The van der Waals surface area contributed by atoms with Crippen LogP contribution in [0.4, 0.5) is 0 Å². The minimum atomic E-state index is -4.30. The summed E-state index contributed by atoms with van der Waals surface area (Å²) in [5, 5.41) is 0. The predicted octanol–water partition coefficient (Wildman–Crippen LogP) is 14.4. The topological polar surface area (TPSA) is 91.3 Å². The summed E-state index contributed by atoms with van der Waals surface area (Å²) >= 11 is 0. The third-order valence-electron chi connectivity index (χ3n) is 9.33. The molecule has 0 aromatic carbocycles. The van der Waals surface area contributed by atoms with Crippen molar-refractivity contribution in [3.8, 4) is 0 Å². The van der Waals surface area contributed by atoms with Crippen molar-refractivity contribution in [1.29, 1.82) is 0 Å². The van der Waals surface area contributed by atoms with Gasteiger partial charge in [0.15, 0.2) is 0 Å². The van der Waals surface area contributed by atoms with E-state index in [1.165, 1.54) is 19.3 Å². The smallest absolute Gasteiger partial charge is 0.457 e. The van der Waals surface area contributed by atoms with E-state index in [1.54, 1.807) is 0 Å². The summed E-state index contributed by atoms with van der Waals surface area (Å²) in [6, 6.07) is 0. The van der Waals surface area contributed by atoms with Crippen LogP contribution in [0.3, 0.4) is 0 Å². The third-order valence-corrected chi connectivity index (χ3v) is 10.3. The first-order valence-electron chi connectivity index (χ1n) is 23.6. The molecule has 0 saturated carbocycles. The van der Waals surface area contributed by atoms with Gasteiger partial charge in [-0.3, -0.25) is 13.8 Å². The Balaban J connectivity index is 4.29. The molecule has 1 N–H and O–H groups in total. The van der Waals surface area contributed by atoms with E-state index in [2.05, 4.69) is 123 Å². The molecule has 8 nitrogen and oxygen atoms in total. The fraction of sp³-hybridized carbons (Fsp3) is 0.635. The summed E-state index contributed by atoms with van der Waals surface area (Å²) < 4.78 is 35.0. The van der Waals surface area contributed by atoms with Crippen LogP contribution in [0.2, 0.25) is 0 Å². The minimum Gasteiger partial charge on any atom is -0.457 e. The van der Waals surface area contributed by atoms with Crippen molar-refractivity contribution in [2.45, 2.75) is 161 Å². The molecular weight excluding hydrogens is 782 g/mol. The van der Waals surface area contributed by atoms with Gasteiger partial charge in [0.1, 0.15) is 19.3 Å².